The molecule has 106 valence electrons. The zero-order valence-corrected chi connectivity index (χ0v) is 13.0. The number of ether oxygens (including phenoxy) is 2. The number of carbonyl (C=O) groups is 2. The minimum absolute atomic E-state index is 0.250. The molecule has 19 heavy (non-hydrogen) atoms. The summed E-state index contributed by atoms with van der Waals surface area (Å²) in [4.78, 5) is 20.8. The molecule has 0 bridgehead atoms. The second-order valence-corrected chi connectivity index (χ2v) is 4.44. The Hall–Kier alpha value is -1.36. The van der Waals surface area contributed by atoms with Gasteiger partial charge < -0.3 is 9.47 Å². The first-order valence-corrected chi connectivity index (χ1v) is 6.93. The van der Waals surface area contributed by atoms with Gasteiger partial charge in [0.1, 0.15) is 0 Å². The van der Waals surface area contributed by atoms with Crippen molar-refractivity contribution in [2.75, 3.05) is 13.2 Å². The molecule has 0 fully saturated rings. The standard InChI is InChI=1S/C7H11BrO4.C7H8/c1-3-11-6(9)5(8)7(10)12-4-2;1-7-5-3-2-4-6-7/h5H,3-4H2,1-2H3;2-6H,1H3. The highest BCUT2D eigenvalue weighted by atomic mass is 79.9. The summed E-state index contributed by atoms with van der Waals surface area (Å²) in [5, 5.41) is 0. The molecule has 0 amide bonds. The number of carbonyl (C=O) groups excluding carboxylic acids is 2. The van der Waals surface area contributed by atoms with Crippen LogP contribution in [0.25, 0.3) is 0 Å². The molecule has 1 aromatic carbocycles. The largest absolute Gasteiger partial charge is 0.465 e. The van der Waals surface area contributed by atoms with Crippen LogP contribution >= 0.6 is 15.9 Å². The van der Waals surface area contributed by atoms with Gasteiger partial charge in [-0.3, -0.25) is 9.59 Å². The summed E-state index contributed by atoms with van der Waals surface area (Å²) < 4.78 is 9.17. The number of benzene rings is 1. The van der Waals surface area contributed by atoms with Crippen molar-refractivity contribution in [3.8, 4) is 0 Å². The molecule has 4 nitrogen and oxygen atoms in total. The Kier molecular flexibility index (Phi) is 9.80. The molecular weight excluding hydrogens is 312 g/mol. The number of halogens is 1. The van der Waals surface area contributed by atoms with Crippen LogP contribution in [0.4, 0.5) is 0 Å². The number of hydrogen-bond donors (Lipinski definition) is 0. The minimum atomic E-state index is -1.00. The fraction of sp³-hybridized carbons (Fsp3) is 0.429. The zero-order chi connectivity index (χ0) is 14.7. The van der Waals surface area contributed by atoms with E-state index >= 15 is 0 Å². The van der Waals surface area contributed by atoms with Gasteiger partial charge in [-0.2, -0.15) is 0 Å². The van der Waals surface area contributed by atoms with Gasteiger partial charge >= 0.3 is 11.9 Å². The Morgan fingerprint density at radius 1 is 1.05 bits per heavy atom. The molecule has 0 aliphatic carbocycles. The molecule has 0 saturated heterocycles. The van der Waals surface area contributed by atoms with E-state index in [-0.39, 0.29) is 13.2 Å². The highest BCUT2D eigenvalue weighted by Gasteiger charge is 2.25. The van der Waals surface area contributed by atoms with E-state index in [1.807, 2.05) is 18.2 Å². The Labute approximate surface area is 122 Å². The average Bonchev–Trinajstić information content (AvgIpc) is 2.40. The third-order valence-electron chi connectivity index (χ3n) is 1.93. The van der Waals surface area contributed by atoms with Crippen molar-refractivity contribution in [3.63, 3.8) is 0 Å². The predicted octanol–water partition coefficient (Wildman–Crippen LogP) is 2.87. The first-order chi connectivity index (χ1) is 9.02. The van der Waals surface area contributed by atoms with Crippen molar-refractivity contribution in [1.29, 1.82) is 0 Å². The van der Waals surface area contributed by atoms with Crippen molar-refractivity contribution in [2.24, 2.45) is 0 Å². The fourth-order valence-corrected chi connectivity index (χ4v) is 1.33. The highest BCUT2D eigenvalue weighted by molar-refractivity contribution is 9.10. The minimum Gasteiger partial charge on any atom is -0.465 e. The van der Waals surface area contributed by atoms with Crippen LogP contribution < -0.4 is 0 Å². The molecule has 0 heterocycles. The van der Waals surface area contributed by atoms with Crippen molar-refractivity contribution < 1.29 is 19.1 Å². The second kappa shape index (κ2) is 10.6. The quantitative estimate of drug-likeness (QED) is 0.484. The van der Waals surface area contributed by atoms with Gasteiger partial charge in [-0.1, -0.05) is 51.8 Å². The average molecular weight is 331 g/mol. The molecule has 0 radical (unpaired) electrons. The third-order valence-corrected chi connectivity index (χ3v) is 2.68. The van der Waals surface area contributed by atoms with Gasteiger partial charge in [0.25, 0.3) is 0 Å². The van der Waals surface area contributed by atoms with Crippen LogP contribution in [-0.4, -0.2) is 30.0 Å². The number of aryl methyl sites for hydroxylation is 1. The van der Waals surface area contributed by atoms with Crippen LogP contribution in [-0.2, 0) is 19.1 Å². The fourth-order valence-electron chi connectivity index (χ4n) is 1.06. The van der Waals surface area contributed by atoms with Crippen molar-refractivity contribution in [2.45, 2.75) is 25.6 Å². The lowest BCUT2D eigenvalue weighted by atomic mass is 10.2. The molecule has 0 aliphatic heterocycles. The van der Waals surface area contributed by atoms with Crippen molar-refractivity contribution in [3.05, 3.63) is 35.9 Å². The van der Waals surface area contributed by atoms with E-state index < -0.39 is 16.8 Å². The Balaban J connectivity index is 0.000000388. The molecule has 1 rings (SSSR count). The molecule has 0 saturated carbocycles. The summed E-state index contributed by atoms with van der Waals surface area (Å²) in [6.45, 7) is 5.92. The Bertz CT molecular complexity index is 360. The van der Waals surface area contributed by atoms with Crippen LogP contribution in [0.1, 0.15) is 19.4 Å². The monoisotopic (exact) mass is 330 g/mol. The van der Waals surface area contributed by atoms with Gasteiger partial charge in [-0.15, -0.1) is 0 Å². The number of hydrogen-bond acceptors (Lipinski definition) is 4. The molecule has 0 aromatic heterocycles. The maximum absolute atomic E-state index is 10.9. The topological polar surface area (TPSA) is 52.6 Å². The van der Waals surface area contributed by atoms with Gasteiger partial charge in [0.05, 0.1) is 13.2 Å². The maximum atomic E-state index is 10.9. The molecular formula is C14H19BrO4. The molecule has 0 atom stereocenters. The first kappa shape index (κ1) is 17.6. The lowest BCUT2D eigenvalue weighted by Gasteiger charge is -2.07. The SMILES string of the molecule is CCOC(=O)C(Br)C(=O)OCC.Cc1ccccc1. The summed E-state index contributed by atoms with van der Waals surface area (Å²) in [6.07, 6.45) is 0. The van der Waals surface area contributed by atoms with E-state index in [4.69, 9.17) is 0 Å². The first-order valence-electron chi connectivity index (χ1n) is 6.01. The molecule has 0 aliphatic rings. The normalized spacial score (nSPS) is 9.32. The van der Waals surface area contributed by atoms with Gasteiger partial charge in [-0.05, 0) is 20.8 Å². The maximum Gasteiger partial charge on any atom is 0.331 e. The molecule has 5 heteroatoms. The van der Waals surface area contributed by atoms with E-state index in [9.17, 15) is 9.59 Å². The summed E-state index contributed by atoms with van der Waals surface area (Å²) in [6, 6.07) is 10.3. The van der Waals surface area contributed by atoms with E-state index in [1.54, 1.807) is 13.8 Å². The van der Waals surface area contributed by atoms with E-state index in [0.29, 0.717) is 0 Å². The van der Waals surface area contributed by atoms with Gasteiger partial charge in [-0.25, -0.2) is 0 Å². The number of esters is 2. The molecule has 0 spiro atoms. The van der Waals surface area contributed by atoms with Crippen LogP contribution in [0.5, 0.6) is 0 Å². The molecule has 0 N–H and O–H groups in total. The lowest BCUT2D eigenvalue weighted by molar-refractivity contribution is -0.152. The molecule has 1 aromatic rings. The predicted molar refractivity (Wildman–Crippen MR) is 77.2 cm³/mol. The summed E-state index contributed by atoms with van der Waals surface area (Å²) in [5.41, 5.74) is 1.32. The Morgan fingerprint density at radius 2 is 1.47 bits per heavy atom. The van der Waals surface area contributed by atoms with Gasteiger partial charge in [0.2, 0.25) is 4.83 Å². The van der Waals surface area contributed by atoms with Crippen LogP contribution in [0, 0.1) is 6.92 Å². The van der Waals surface area contributed by atoms with E-state index in [0.717, 1.165) is 0 Å². The summed E-state index contributed by atoms with van der Waals surface area (Å²) >= 11 is 2.86. The third kappa shape index (κ3) is 8.37. The van der Waals surface area contributed by atoms with Crippen molar-refractivity contribution >= 4 is 27.9 Å². The number of alkyl halides is 1. The summed E-state index contributed by atoms with van der Waals surface area (Å²) in [5.74, 6) is -1.23. The van der Waals surface area contributed by atoms with Gasteiger partial charge in [0, 0.05) is 0 Å². The Morgan fingerprint density at radius 3 is 1.74 bits per heavy atom. The second-order valence-electron chi connectivity index (χ2n) is 3.52. The number of rotatable bonds is 4. The highest BCUT2D eigenvalue weighted by Crippen LogP contribution is 2.04. The van der Waals surface area contributed by atoms with Crippen LogP contribution in [0.3, 0.4) is 0 Å². The van der Waals surface area contributed by atoms with Crippen molar-refractivity contribution in [1.82, 2.24) is 0 Å². The van der Waals surface area contributed by atoms with Gasteiger partial charge in [0.15, 0.2) is 0 Å². The molecule has 0 unspecified atom stereocenters. The van der Waals surface area contributed by atoms with E-state index in [1.165, 1.54) is 5.56 Å². The van der Waals surface area contributed by atoms with E-state index in [2.05, 4.69) is 44.5 Å². The van der Waals surface area contributed by atoms with Crippen LogP contribution in [0.15, 0.2) is 30.3 Å². The summed E-state index contributed by atoms with van der Waals surface area (Å²) in [7, 11) is 0. The lowest BCUT2D eigenvalue weighted by Crippen LogP contribution is -2.28. The zero-order valence-electron chi connectivity index (χ0n) is 11.4. The smallest absolute Gasteiger partial charge is 0.331 e. The van der Waals surface area contributed by atoms with Crippen LogP contribution in [0.2, 0.25) is 0 Å².